The Hall–Kier alpha value is -1.62. The Morgan fingerprint density at radius 3 is 2.71 bits per heavy atom. The van der Waals surface area contributed by atoms with E-state index in [9.17, 15) is 14.0 Å². The van der Waals surface area contributed by atoms with Crippen LogP contribution in [0.1, 0.15) is 31.2 Å². The molecule has 1 saturated carbocycles. The first-order valence-corrected chi connectivity index (χ1v) is 7.29. The van der Waals surface area contributed by atoms with Crippen LogP contribution in [0.15, 0.2) is 18.2 Å². The predicted octanol–water partition coefficient (Wildman–Crippen LogP) is 2.99. The summed E-state index contributed by atoms with van der Waals surface area (Å²) < 4.78 is 13.0. The summed E-state index contributed by atoms with van der Waals surface area (Å²) in [6, 6.07) is 4.28. The van der Waals surface area contributed by atoms with E-state index in [0.29, 0.717) is 24.8 Å². The summed E-state index contributed by atoms with van der Waals surface area (Å²) in [5.41, 5.74) is 0.709. The highest BCUT2D eigenvalue weighted by Gasteiger charge is 2.30. The van der Waals surface area contributed by atoms with Crippen molar-refractivity contribution in [2.75, 3.05) is 0 Å². The number of hydrogen-bond donors (Lipinski definition) is 2. The lowest BCUT2D eigenvalue weighted by Gasteiger charge is -2.25. The molecule has 114 valence electrons. The molecule has 0 aromatic heterocycles. The van der Waals surface area contributed by atoms with Crippen LogP contribution in [0, 0.1) is 17.7 Å². The lowest BCUT2D eigenvalue weighted by molar-refractivity contribution is -0.144. The Bertz CT molecular complexity index is 550. The van der Waals surface area contributed by atoms with E-state index in [1.165, 1.54) is 12.1 Å². The van der Waals surface area contributed by atoms with E-state index in [0.717, 1.165) is 6.42 Å². The summed E-state index contributed by atoms with van der Waals surface area (Å²) in [7, 11) is 0. The van der Waals surface area contributed by atoms with Gasteiger partial charge in [0.15, 0.2) is 0 Å². The fourth-order valence-electron chi connectivity index (χ4n) is 2.64. The van der Waals surface area contributed by atoms with Crippen molar-refractivity contribution in [3.05, 3.63) is 34.6 Å². The van der Waals surface area contributed by atoms with Gasteiger partial charge < -0.3 is 10.4 Å². The molecule has 6 heteroatoms. The Morgan fingerprint density at radius 1 is 1.33 bits per heavy atom. The molecule has 0 unspecified atom stereocenters. The van der Waals surface area contributed by atoms with Gasteiger partial charge in [-0.1, -0.05) is 24.1 Å². The molecule has 1 aliphatic rings. The van der Waals surface area contributed by atoms with Gasteiger partial charge in [-0.25, -0.2) is 4.39 Å². The molecule has 0 saturated heterocycles. The quantitative estimate of drug-likeness (QED) is 0.898. The van der Waals surface area contributed by atoms with Gasteiger partial charge in [0.1, 0.15) is 5.82 Å². The van der Waals surface area contributed by atoms with Gasteiger partial charge in [-0.2, -0.15) is 0 Å². The van der Waals surface area contributed by atoms with Crippen molar-refractivity contribution < 1.29 is 19.1 Å². The SMILES string of the molecule is O=C(O)[C@@H]1CCC[C@@H](C(=O)NCc2ccc(F)c(Cl)c2)C1. The van der Waals surface area contributed by atoms with Gasteiger partial charge in [-0.3, -0.25) is 9.59 Å². The normalized spacial score (nSPS) is 21.8. The third-order valence-electron chi connectivity index (χ3n) is 3.84. The third-order valence-corrected chi connectivity index (χ3v) is 4.13. The Kier molecular flexibility index (Phi) is 5.17. The van der Waals surface area contributed by atoms with E-state index in [4.69, 9.17) is 16.7 Å². The molecule has 2 rings (SSSR count). The fraction of sp³-hybridized carbons (Fsp3) is 0.467. The third kappa shape index (κ3) is 4.17. The van der Waals surface area contributed by atoms with E-state index in [2.05, 4.69) is 5.32 Å². The van der Waals surface area contributed by atoms with E-state index in [1.807, 2.05) is 0 Å². The van der Waals surface area contributed by atoms with E-state index in [1.54, 1.807) is 6.07 Å². The molecular formula is C15H17ClFNO3. The molecule has 0 heterocycles. The first-order valence-electron chi connectivity index (χ1n) is 6.92. The van der Waals surface area contributed by atoms with Crippen LogP contribution in [0.4, 0.5) is 4.39 Å². The molecule has 2 atom stereocenters. The number of benzene rings is 1. The summed E-state index contributed by atoms with van der Waals surface area (Å²) in [4.78, 5) is 23.1. The van der Waals surface area contributed by atoms with Crippen molar-refractivity contribution >= 4 is 23.5 Å². The zero-order valence-electron chi connectivity index (χ0n) is 11.4. The number of carboxylic acids is 1. The smallest absolute Gasteiger partial charge is 0.306 e. The van der Waals surface area contributed by atoms with Gasteiger partial charge in [-0.15, -0.1) is 0 Å². The maximum absolute atomic E-state index is 13.0. The average molecular weight is 314 g/mol. The van der Waals surface area contributed by atoms with Gasteiger partial charge in [-0.05, 0) is 37.0 Å². The van der Waals surface area contributed by atoms with E-state index < -0.39 is 17.7 Å². The molecule has 0 aliphatic heterocycles. The molecule has 1 fully saturated rings. The highest BCUT2D eigenvalue weighted by molar-refractivity contribution is 6.30. The molecule has 21 heavy (non-hydrogen) atoms. The predicted molar refractivity (Wildman–Crippen MR) is 76.3 cm³/mol. The maximum Gasteiger partial charge on any atom is 0.306 e. The van der Waals surface area contributed by atoms with Crippen LogP contribution in [0.3, 0.4) is 0 Å². The first-order chi connectivity index (χ1) is 9.97. The minimum atomic E-state index is -0.835. The fourth-order valence-corrected chi connectivity index (χ4v) is 2.84. The Balaban J connectivity index is 1.89. The van der Waals surface area contributed by atoms with Crippen molar-refractivity contribution in [1.29, 1.82) is 0 Å². The molecular weight excluding hydrogens is 297 g/mol. The number of aliphatic carboxylic acids is 1. The van der Waals surface area contributed by atoms with Crippen molar-refractivity contribution in [2.45, 2.75) is 32.2 Å². The van der Waals surface area contributed by atoms with Crippen molar-refractivity contribution in [3.8, 4) is 0 Å². The molecule has 1 aliphatic carbocycles. The molecule has 1 amide bonds. The maximum atomic E-state index is 13.0. The number of carboxylic acid groups (broad SMARTS) is 1. The molecule has 0 spiro atoms. The number of hydrogen-bond acceptors (Lipinski definition) is 2. The minimum absolute atomic E-state index is 0.0188. The number of rotatable bonds is 4. The van der Waals surface area contributed by atoms with Gasteiger partial charge in [0.05, 0.1) is 10.9 Å². The monoisotopic (exact) mass is 313 g/mol. The summed E-state index contributed by atoms with van der Waals surface area (Å²) in [6.45, 7) is 0.257. The minimum Gasteiger partial charge on any atom is -0.481 e. The molecule has 0 radical (unpaired) electrons. The van der Waals surface area contributed by atoms with Crippen molar-refractivity contribution in [1.82, 2.24) is 5.32 Å². The number of amides is 1. The van der Waals surface area contributed by atoms with Crippen LogP contribution in [0.5, 0.6) is 0 Å². The van der Waals surface area contributed by atoms with Crippen LogP contribution in [-0.2, 0) is 16.1 Å². The number of carbonyl (C=O) groups is 2. The lowest BCUT2D eigenvalue weighted by Crippen LogP contribution is -2.35. The van der Waals surface area contributed by atoms with E-state index >= 15 is 0 Å². The lowest BCUT2D eigenvalue weighted by atomic mass is 9.81. The molecule has 1 aromatic rings. The van der Waals surface area contributed by atoms with E-state index in [-0.39, 0.29) is 23.4 Å². The average Bonchev–Trinajstić information content (AvgIpc) is 2.48. The summed E-state index contributed by atoms with van der Waals surface area (Å²) in [5, 5.41) is 11.8. The van der Waals surface area contributed by atoms with Gasteiger partial charge in [0, 0.05) is 12.5 Å². The summed E-state index contributed by atoms with van der Waals surface area (Å²) in [5.74, 6) is -2.19. The van der Waals surface area contributed by atoms with Gasteiger partial charge in [0.2, 0.25) is 5.91 Å². The second-order valence-corrected chi connectivity index (χ2v) is 5.77. The first kappa shape index (κ1) is 15.8. The van der Waals surface area contributed by atoms with Gasteiger partial charge >= 0.3 is 5.97 Å². The zero-order valence-corrected chi connectivity index (χ0v) is 12.2. The highest BCUT2D eigenvalue weighted by Crippen LogP contribution is 2.29. The molecule has 1 aromatic carbocycles. The highest BCUT2D eigenvalue weighted by atomic mass is 35.5. The van der Waals surface area contributed by atoms with Crippen LogP contribution in [0.25, 0.3) is 0 Å². The zero-order chi connectivity index (χ0) is 15.4. The summed E-state index contributed by atoms with van der Waals surface area (Å²) in [6.07, 6.45) is 2.47. The summed E-state index contributed by atoms with van der Waals surface area (Å²) >= 11 is 5.68. The number of halogens is 2. The topological polar surface area (TPSA) is 66.4 Å². The standard InChI is InChI=1S/C15H17ClFNO3/c16-12-6-9(4-5-13(12)17)8-18-14(19)10-2-1-3-11(7-10)15(20)21/h4-6,10-11H,1-3,7-8H2,(H,18,19)(H,20,21)/t10-,11-/m1/s1. The Morgan fingerprint density at radius 2 is 2.05 bits per heavy atom. The van der Waals surface area contributed by atoms with Crippen molar-refractivity contribution in [2.24, 2.45) is 11.8 Å². The van der Waals surface area contributed by atoms with Crippen LogP contribution >= 0.6 is 11.6 Å². The largest absolute Gasteiger partial charge is 0.481 e. The van der Waals surface area contributed by atoms with Crippen LogP contribution in [0.2, 0.25) is 5.02 Å². The molecule has 0 bridgehead atoms. The second-order valence-electron chi connectivity index (χ2n) is 5.36. The molecule has 2 N–H and O–H groups in total. The van der Waals surface area contributed by atoms with Crippen LogP contribution < -0.4 is 5.32 Å². The number of carbonyl (C=O) groups excluding carboxylic acids is 1. The second kappa shape index (κ2) is 6.89. The molecule has 4 nitrogen and oxygen atoms in total. The number of nitrogens with one attached hydrogen (secondary N) is 1. The van der Waals surface area contributed by atoms with Gasteiger partial charge in [0.25, 0.3) is 0 Å². The Labute approximate surface area is 127 Å². The van der Waals surface area contributed by atoms with Crippen LogP contribution in [-0.4, -0.2) is 17.0 Å². The van der Waals surface area contributed by atoms with Crippen molar-refractivity contribution in [3.63, 3.8) is 0 Å².